The maximum absolute atomic E-state index is 13.9. The van der Waals surface area contributed by atoms with E-state index in [0.29, 0.717) is 5.75 Å². The van der Waals surface area contributed by atoms with E-state index in [4.69, 9.17) is 9.72 Å². The van der Waals surface area contributed by atoms with Gasteiger partial charge in [-0.3, -0.25) is 0 Å². The van der Waals surface area contributed by atoms with Crippen molar-refractivity contribution in [3.63, 3.8) is 0 Å². The fraction of sp³-hybridized carbons (Fsp3) is 0.421. The average molecular weight is 327 g/mol. The number of aromatic nitrogens is 1. The van der Waals surface area contributed by atoms with Crippen LogP contribution in [0.1, 0.15) is 30.2 Å². The summed E-state index contributed by atoms with van der Waals surface area (Å²) in [6, 6.07) is 10.9. The molecule has 1 fully saturated rings. The second kappa shape index (κ2) is 6.77. The van der Waals surface area contributed by atoms with Gasteiger partial charge < -0.3 is 15.0 Å². The molecule has 1 aromatic carbocycles. The van der Waals surface area contributed by atoms with Crippen molar-refractivity contribution in [1.82, 2.24) is 10.3 Å². The van der Waals surface area contributed by atoms with Crippen LogP contribution in [0.5, 0.6) is 5.75 Å². The number of halogens is 1. The van der Waals surface area contributed by atoms with Gasteiger partial charge in [-0.2, -0.15) is 0 Å². The maximum Gasteiger partial charge on any atom is 0.165 e. The van der Waals surface area contributed by atoms with Gasteiger partial charge in [-0.05, 0) is 43.0 Å². The first-order valence-corrected chi connectivity index (χ1v) is 8.68. The predicted octanol–water partition coefficient (Wildman–Crippen LogP) is 3.09. The fourth-order valence-electron chi connectivity index (χ4n) is 3.48. The van der Waals surface area contributed by atoms with Gasteiger partial charge in [-0.1, -0.05) is 18.2 Å². The average Bonchev–Trinajstić information content (AvgIpc) is 2.64. The number of nitrogens with zero attached hydrogens (tertiary/aromatic N) is 2. The standard InChI is InChI=1S/C19H22FN3O/c20-15-5-1-2-6-16(15)24-17-7-3-4-14-8-9-18(22-19(14)17)23-12-10-21-11-13-23/h1-2,5-6,8-9,17,21H,3-4,7,10-13H2. The van der Waals surface area contributed by atoms with Crippen LogP contribution in [0.25, 0.3) is 0 Å². The number of fused-ring (bicyclic) bond motifs is 1. The summed E-state index contributed by atoms with van der Waals surface area (Å²) in [6.07, 6.45) is 2.76. The summed E-state index contributed by atoms with van der Waals surface area (Å²) in [5.41, 5.74) is 2.20. The smallest absolute Gasteiger partial charge is 0.165 e. The minimum absolute atomic E-state index is 0.173. The summed E-state index contributed by atoms with van der Waals surface area (Å²) >= 11 is 0. The Kier molecular flexibility index (Phi) is 4.34. The van der Waals surface area contributed by atoms with Crippen molar-refractivity contribution < 1.29 is 9.13 Å². The third kappa shape index (κ3) is 3.08. The van der Waals surface area contributed by atoms with Crippen LogP contribution < -0.4 is 15.0 Å². The van der Waals surface area contributed by atoms with Crippen LogP contribution in [-0.4, -0.2) is 31.2 Å². The SMILES string of the molecule is Fc1ccccc1OC1CCCc2ccc(N3CCNCC3)nc21. The number of benzene rings is 1. The lowest BCUT2D eigenvalue weighted by molar-refractivity contribution is 0.170. The molecule has 2 aliphatic rings. The van der Waals surface area contributed by atoms with Gasteiger partial charge in [0, 0.05) is 26.2 Å². The second-order valence-electron chi connectivity index (χ2n) is 6.38. The monoisotopic (exact) mass is 327 g/mol. The van der Waals surface area contributed by atoms with E-state index < -0.39 is 0 Å². The Balaban J connectivity index is 1.61. The van der Waals surface area contributed by atoms with Crippen molar-refractivity contribution in [2.24, 2.45) is 0 Å². The third-order valence-corrected chi connectivity index (χ3v) is 4.76. The summed E-state index contributed by atoms with van der Waals surface area (Å²) in [7, 11) is 0. The summed E-state index contributed by atoms with van der Waals surface area (Å²) in [5.74, 6) is 0.992. The van der Waals surface area contributed by atoms with Crippen LogP contribution in [0.2, 0.25) is 0 Å². The number of aryl methyl sites for hydroxylation is 1. The molecule has 1 unspecified atom stereocenters. The molecule has 0 spiro atoms. The number of ether oxygens (including phenoxy) is 1. The number of rotatable bonds is 3. The van der Waals surface area contributed by atoms with Gasteiger partial charge in [0.25, 0.3) is 0 Å². The van der Waals surface area contributed by atoms with Gasteiger partial charge in [0.15, 0.2) is 11.6 Å². The van der Waals surface area contributed by atoms with Gasteiger partial charge in [0.05, 0.1) is 5.69 Å². The first-order chi connectivity index (χ1) is 11.8. The lowest BCUT2D eigenvalue weighted by Crippen LogP contribution is -2.44. The minimum Gasteiger partial charge on any atom is -0.481 e. The second-order valence-corrected chi connectivity index (χ2v) is 6.38. The lowest BCUT2D eigenvalue weighted by atomic mass is 9.93. The van der Waals surface area contributed by atoms with Crippen LogP contribution >= 0.6 is 0 Å². The molecule has 1 aliphatic heterocycles. The fourth-order valence-corrected chi connectivity index (χ4v) is 3.48. The molecule has 5 heteroatoms. The first-order valence-electron chi connectivity index (χ1n) is 8.68. The van der Waals surface area contributed by atoms with Crippen LogP contribution in [-0.2, 0) is 6.42 Å². The number of nitrogens with one attached hydrogen (secondary N) is 1. The molecule has 1 saturated heterocycles. The Hall–Kier alpha value is -2.14. The Labute approximate surface area is 141 Å². The number of piperazine rings is 1. The molecule has 0 saturated carbocycles. The Morgan fingerprint density at radius 2 is 1.96 bits per heavy atom. The van der Waals surface area contributed by atoms with E-state index in [-0.39, 0.29) is 11.9 Å². The number of pyridine rings is 1. The topological polar surface area (TPSA) is 37.4 Å². The van der Waals surface area contributed by atoms with E-state index in [1.165, 1.54) is 11.6 Å². The predicted molar refractivity (Wildman–Crippen MR) is 92.0 cm³/mol. The van der Waals surface area contributed by atoms with Crippen LogP contribution in [0.15, 0.2) is 36.4 Å². The van der Waals surface area contributed by atoms with E-state index in [0.717, 1.165) is 57.0 Å². The van der Waals surface area contributed by atoms with Gasteiger partial charge in [-0.15, -0.1) is 0 Å². The molecule has 1 aliphatic carbocycles. The molecule has 2 aromatic rings. The largest absolute Gasteiger partial charge is 0.481 e. The molecule has 1 atom stereocenters. The molecule has 2 heterocycles. The molecule has 0 radical (unpaired) electrons. The quantitative estimate of drug-likeness (QED) is 0.940. The van der Waals surface area contributed by atoms with Crippen LogP contribution in [0.3, 0.4) is 0 Å². The normalized spacial score (nSPS) is 20.5. The molecule has 126 valence electrons. The van der Waals surface area contributed by atoms with Gasteiger partial charge in [0.1, 0.15) is 11.9 Å². The highest BCUT2D eigenvalue weighted by Crippen LogP contribution is 2.34. The van der Waals surface area contributed by atoms with Crippen molar-refractivity contribution in [1.29, 1.82) is 0 Å². The van der Waals surface area contributed by atoms with Crippen molar-refractivity contribution in [2.45, 2.75) is 25.4 Å². The van der Waals surface area contributed by atoms with Crippen molar-refractivity contribution in [3.8, 4) is 5.75 Å². The van der Waals surface area contributed by atoms with E-state index in [1.54, 1.807) is 18.2 Å². The molecular weight excluding hydrogens is 305 g/mol. The Morgan fingerprint density at radius 1 is 1.12 bits per heavy atom. The third-order valence-electron chi connectivity index (χ3n) is 4.76. The summed E-state index contributed by atoms with van der Waals surface area (Å²) < 4.78 is 19.9. The molecule has 1 aromatic heterocycles. The number of hydrogen-bond donors (Lipinski definition) is 1. The Bertz CT molecular complexity index is 716. The molecule has 1 N–H and O–H groups in total. The highest BCUT2D eigenvalue weighted by Gasteiger charge is 2.25. The Morgan fingerprint density at radius 3 is 2.79 bits per heavy atom. The zero-order chi connectivity index (χ0) is 16.4. The summed E-state index contributed by atoms with van der Waals surface area (Å²) in [5, 5.41) is 3.36. The van der Waals surface area contributed by atoms with E-state index in [2.05, 4.69) is 22.3 Å². The molecule has 4 nitrogen and oxygen atoms in total. The van der Waals surface area contributed by atoms with E-state index >= 15 is 0 Å². The van der Waals surface area contributed by atoms with Crippen molar-refractivity contribution in [2.75, 3.05) is 31.1 Å². The van der Waals surface area contributed by atoms with Gasteiger partial charge in [0.2, 0.25) is 0 Å². The molecule has 24 heavy (non-hydrogen) atoms. The van der Waals surface area contributed by atoms with Crippen LogP contribution in [0.4, 0.5) is 10.2 Å². The zero-order valence-corrected chi connectivity index (χ0v) is 13.7. The zero-order valence-electron chi connectivity index (χ0n) is 13.7. The number of para-hydroxylation sites is 1. The van der Waals surface area contributed by atoms with Gasteiger partial charge in [-0.25, -0.2) is 9.37 Å². The molecular formula is C19H22FN3O. The lowest BCUT2D eigenvalue weighted by Gasteiger charge is -2.31. The number of hydrogen-bond acceptors (Lipinski definition) is 4. The van der Waals surface area contributed by atoms with Crippen LogP contribution in [0, 0.1) is 5.82 Å². The van der Waals surface area contributed by atoms with Crippen molar-refractivity contribution >= 4 is 5.82 Å². The first kappa shape index (κ1) is 15.4. The summed E-state index contributed by atoms with van der Waals surface area (Å²) in [4.78, 5) is 7.19. The van der Waals surface area contributed by atoms with Crippen molar-refractivity contribution in [3.05, 3.63) is 53.5 Å². The highest BCUT2D eigenvalue weighted by molar-refractivity contribution is 5.44. The molecule has 4 rings (SSSR count). The number of anilines is 1. The van der Waals surface area contributed by atoms with E-state index in [1.807, 2.05) is 0 Å². The van der Waals surface area contributed by atoms with Gasteiger partial charge >= 0.3 is 0 Å². The molecule has 0 bridgehead atoms. The summed E-state index contributed by atoms with van der Waals surface area (Å²) in [6.45, 7) is 3.89. The minimum atomic E-state index is -0.317. The molecule has 0 amide bonds. The maximum atomic E-state index is 13.9. The highest BCUT2D eigenvalue weighted by atomic mass is 19.1. The van der Waals surface area contributed by atoms with E-state index in [9.17, 15) is 4.39 Å².